The summed E-state index contributed by atoms with van der Waals surface area (Å²) in [5.41, 5.74) is 0. The molecule has 2 heterocycles. The van der Waals surface area contributed by atoms with Crippen LogP contribution in [0.25, 0.3) is 0 Å². The number of nitrogens with zero attached hydrogens (tertiary/aromatic N) is 2. The highest BCUT2D eigenvalue weighted by atomic mass is 32.2. The summed E-state index contributed by atoms with van der Waals surface area (Å²) >= 11 is 0. The highest BCUT2D eigenvalue weighted by molar-refractivity contribution is 7.89. The van der Waals surface area contributed by atoms with Gasteiger partial charge in [0.05, 0.1) is 26.2 Å². The zero-order valence-electron chi connectivity index (χ0n) is 14.7. The highest BCUT2D eigenvalue weighted by Gasteiger charge is 2.39. The number of piperazine rings is 1. The molecule has 27 heavy (non-hydrogen) atoms. The SMILES string of the molecule is C[C@@H](C(=O)N1CCNC1=O)[NH+]1CCN(S(=O)(=O)c2cc(F)ccc2F)CC1. The number of quaternary nitrogens is 1. The summed E-state index contributed by atoms with van der Waals surface area (Å²) in [5, 5.41) is 2.57. The lowest BCUT2D eigenvalue weighted by atomic mass is 10.2. The maximum Gasteiger partial charge on any atom is 0.324 e. The van der Waals surface area contributed by atoms with Crippen LogP contribution in [0.5, 0.6) is 0 Å². The minimum absolute atomic E-state index is 0.0669. The summed E-state index contributed by atoms with van der Waals surface area (Å²) in [5.74, 6) is -2.15. The van der Waals surface area contributed by atoms with Gasteiger partial charge in [0.1, 0.15) is 16.5 Å². The molecule has 1 aromatic rings. The van der Waals surface area contributed by atoms with Gasteiger partial charge in [-0.05, 0) is 25.1 Å². The van der Waals surface area contributed by atoms with Crippen molar-refractivity contribution in [3.05, 3.63) is 29.8 Å². The fourth-order valence-electron chi connectivity index (χ4n) is 3.35. The molecule has 11 heteroatoms. The first-order valence-electron chi connectivity index (χ1n) is 8.61. The number of hydrogen-bond acceptors (Lipinski definition) is 4. The minimum atomic E-state index is -4.16. The third kappa shape index (κ3) is 3.80. The largest absolute Gasteiger partial charge is 0.336 e. The van der Waals surface area contributed by atoms with E-state index < -0.39 is 38.6 Å². The first-order valence-corrected chi connectivity index (χ1v) is 10.0. The number of halogens is 2. The number of urea groups is 1. The number of rotatable bonds is 4. The second kappa shape index (κ2) is 7.49. The molecule has 148 valence electrons. The van der Waals surface area contributed by atoms with Crippen LogP contribution in [-0.2, 0) is 14.8 Å². The molecule has 2 aliphatic rings. The third-order valence-corrected chi connectivity index (χ3v) is 6.89. The van der Waals surface area contributed by atoms with E-state index in [1.807, 2.05) is 0 Å². The van der Waals surface area contributed by atoms with Gasteiger partial charge >= 0.3 is 6.03 Å². The number of carbonyl (C=O) groups is 2. The van der Waals surface area contributed by atoms with Crippen LogP contribution in [0.4, 0.5) is 13.6 Å². The molecule has 0 aromatic heterocycles. The normalized spacial score (nSPS) is 20.6. The van der Waals surface area contributed by atoms with Crippen LogP contribution in [0.1, 0.15) is 6.92 Å². The van der Waals surface area contributed by atoms with Crippen LogP contribution in [0.2, 0.25) is 0 Å². The molecule has 0 spiro atoms. The number of benzene rings is 1. The monoisotopic (exact) mass is 403 g/mol. The molecule has 8 nitrogen and oxygen atoms in total. The van der Waals surface area contributed by atoms with Crippen LogP contribution < -0.4 is 10.2 Å². The summed E-state index contributed by atoms with van der Waals surface area (Å²) in [6.07, 6.45) is 0. The van der Waals surface area contributed by atoms with Gasteiger partial charge in [0.15, 0.2) is 6.04 Å². The van der Waals surface area contributed by atoms with Crippen molar-refractivity contribution in [3.63, 3.8) is 0 Å². The average molecular weight is 403 g/mol. The average Bonchev–Trinajstić information content (AvgIpc) is 3.08. The van der Waals surface area contributed by atoms with Crippen molar-refractivity contribution in [3.8, 4) is 0 Å². The molecule has 0 saturated carbocycles. The van der Waals surface area contributed by atoms with Crippen molar-refractivity contribution in [2.75, 3.05) is 39.3 Å². The zero-order valence-corrected chi connectivity index (χ0v) is 15.6. The number of carbonyl (C=O) groups excluding carboxylic acids is 2. The Hall–Kier alpha value is -2.11. The van der Waals surface area contributed by atoms with Crippen molar-refractivity contribution in [2.24, 2.45) is 0 Å². The molecule has 2 N–H and O–H groups in total. The highest BCUT2D eigenvalue weighted by Crippen LogP contribution is 2.20. The predicted molar refractivity (Wildman–Crippen MR) is 90.4 cm³/mol. The van der Waals surface area contributed by atoms with E-state index in [2.05, 4.69) is 5.32 Å². The van der Waals surface area contributed by atoms with Crippen LogP contribution >= 0.6 is 0 Å². The number of sulfonamides is 1. The van der Waals surface area contributed by atoms with Crippen molar-refractivity contribution < 1.29 is 31.7 Å². The van der Waals surface area contributed by atoms with E-state index in [0.717, 1.165) is 26.2 Å². The molecule has 2 saturated heterocycles. The quantitative estimate of drug-likeness (QED) is 0.661. The summed E-state index contributed by atoms with van der Waals surface area (Å²) in [7, 11) is -4.16. The van der Waals surface area contributed by atoms with Gasteiger partial charge < -0.3 is 10.2 Å². The second-order valence-electron chi connectivity index (χ2n) is 6.58. The van der Waals surface area contributed by atoms with Crippen LogP contribution in [0, 0.1) is 11.6 Å². The number of imide groups is 1. The molecular weight excluding hydrogens is 382 g/mol. The summed E-state index contributed by atoms with van der Waals surface area (Å²) in [6, 6.07) is 1.38. The van der Waals surface area contributed by atoms with E-state index in [1.54, 1.807) is 6.92 Å². The molecule has 0 radical (unpaired) electrons. The van der Waals surface area contributed by atoms with Gasteiger partial charge in [-0.3, -0.25) is 9.69 Å². The fraction of sp³-hybridized carbons (Fsp3) is 0.500. The van der Waals surface area contributed by atoms with Gasteiger partial charge in [-0.25, -0.2) is 22.0 Å². The lowest BCUT2D eigenvalue weighted by Crippen LogP contribution is -3.19. The Morgan fingerprint density at radius 1 is 1.22 bits per heavy atom. The van der Waals surface area contributed by atoms with E-state index in [1.165, 1.54) is 0 Å². The molecule has 1 atom stereocenters. The minimum Gasteiger partial charge on any atom is -0.336 e. The predicted octanol–water partition coefficient (Wildman–Crippen LogP) is -1.21. The molecule has 0 bridgehead atoms. The van der Waals surface area contributed by atoms with E-state index in [9.17, 15) is 26.8 Å². The number of nitrogens with one attached hydrogen (secondary N) is 2. The van der Waals surface area contributed by atoms with Crippen molar-refractivity contribution in [2.45, 2.75) is 17.9 Å². The first kappa shape index (κ1) is 19.6. The molecule has 3 rings (SSSR count). The van der Waals surface area contributed by atoms with Gasteiger partial charge in [-0.2, -0.15) is 4.31 Å². The Morgan fingerprint density at radius 3 is 2.48 bits per heavy atom. The third-order valence-electron chi connectivity index (χ3n) is 4.98. The summed E-state index contributed by atoms with van der Waals surface area (Å²) in [4.78, 5) is 25.4. The van der Waals surface area contributed by atoms with E-state index in [4.69, 9.17) is 0 Å². The van der Waals surface area contributed by atoms with Gasteiger partial charge in [0, 0.05) is 13.1 Å². The van der Waals surface area contributed by atoms with Crippen molar-refractivity contribution in [1.82, 2.24) is 14.5 Å². The lowest BCUT2D eigenvalue weighted by Gasteiger charge is -2.34. The standard InChI is InChI=1S/C16H20F2N4O4S/c1-11(15(23)22-5-4-19-16(22)24)20-6-8-21(9-7-20)27(25,26)14-10-12(17)2-3-13(14)18/h2-3,10-11H,4-9H2,1H3,(H,19,24)/p+1/t11-/m0/s1. The first-order chi connectivity index (χ1) is 12.7. The zero-order chi connectivity index (χ0) is 19.8. The maximum absolute atomic E-state index is 13.9. The van der Waals surface area contributed by atoms with Crippen molar-refractivity contribution >= 4 is 22.0 Å². The van der Waals surface area contributed by atoms with Gasteiger partial charge in [0.25, 0.3) is 5.91 Å². The van der Waals surface area contributed by atoms with E-state index in [-0.39, 0.29) is 19.0 Å². The lowest BCUT2D eigenvalue weighted by molar-refractivity contribution is -0.917. The molecule has 0 aliphatic carbocycles. The Morgan fingerprint density at radius 2 is 1.89 bits per heavy atom. The molecule has 1 aromatic carbocycles. The maximum atomic E-state index is 13.9. The summed E-state index contributed by atoms with van der Waals surface area (Å²) < 4.78 is 53.5. The van der Waals surface area contributed by atoms with Gasteiger partial charge in [-0.15, -0.1) is 0 Å². The van der Waals surface area contributed by atoms with E-state index >= 15 is 0 Å². The molecular formula is C16H21F2N4O4S+. The second-order valence-corrected chi connectivity index (χ2v) is 8.49. The van der Waals surface area contributed by atoms with Crippen LogP contribution in [0.3, 0.4) is 0 Å². The van der Waals surface area contributed by atoms with Crippen molar-refractivity contribution in [1.29, 1.82) is 0 Å². The molecule has 3 amide bonds. The Balaban J connectivity index is 1.67. The molecule has 2 fully saturated rings. The van der Waals surface area contributed by atoms with Gasteiger partial charge in [0.2, 0.25) is 10.0 Å². The Bertz CT molecular complexity index is 856. The number of hydrogen-bond donors (Lipinski definition) is 2. The molecule has 0 unspecified atom stereocenters. The number of amides is 3. The van der Waals surface area contributed by atoms with Crippen LogP contribution in [-0.4, -0.2) is 74.9 Å². The fourth-order valence-corrected chi connectivity index (χ4v) is 4.87. The Kier molecular flexibility index (Phi) is 5.45. The molecule has 2 aliphatic heterocycles. The Labute approximate surface area is 155 Å². The van der Waals surface area contributed by atoms with Gasteiger partial charge in [-0.1, -0.05) is 0 Å². The topological polar surface area (TPSA) is 91.2 Å². The van der Waals surface area contributed by atoms with Crippen LogP contribution in [0.15, 0.2) is 23.1 Å². The summed E-state index contributed by atoms with van der Waals surface area (Å²) in [6.45, 7) is 3.19. The smallest absolute Gasteiger partial charge is 0.324 e. The van der Waals surface area contributed by atoms with E-state index in [0.29, 0.717) is 32.2 Å².